The molecular formula is C14H16N4O3. The van der Waals surface area contributed by atoms with E-state index in [4.69, 9.17) is 19.9 Å². The molecule has 0 aliphatic rings. The molecule has 1 heterocycles. The third-order valence-electron chi connectivity index (χ3n) is 2.92. The average molecular weight is 288 g/mol. The third-order valence-corrected chi connectivity index (χ3v) is 2.92. The Hall–Kier alpha value is -2.27. The summed E-state index contributed by atoms with van der Waals surface area (Å²) in [5.74, 6) is 0.790. The predicted molar refractivity (Wildman–Crippen MR) is 73.9 cm³/mol. The van der Waals surface area contributed by atoms with Crippen molar-refractivity contribution in [2.75, 3.05) is 26.3 Å². The summed E-state index contributed by atoms with van der Waals surface area (Å²) < 4.78 is 5.56. The lowest BCUT2D eigenvalue weighted by Crippen LogP contribution is -2.29. The quantitative estimate of drug-likeness (QED) is 0.759. The first-order valence-electron chi connectivity index (χ1n) is 6.54. The molecule has 0 amide bonds. The van der Waals surface area contributed by atoms with Crippen LogP contribution < -0.4 is 0 Å². The van der Waals surface area contributed by atoms with Crippen LogP contribution in [0.5, 0.6) is 0 Å². The van der Waals surface area contributed by atoms with Crippen LogP contribution in [0, 0.1) is 11.3 Å². The van der Waals surface area contributed by atoms with E-state index in [0.29, 0.717) is 37.0 Å². The monoisotopic (exact) mass is 288 g/mol. The highest BCUT2D eigenvalue weighted by Gasteiger charge is 2.12. The van der Waals surface area contributed by atoms with Crippen molar-refractivity contribution in [3.8, 4) is 17.5 Å². The van der Waals surface area contributed by atoms with Crippen LogP contribution in [0.1, 0.15) is 11.5 Å². The third kappa shape index (κ3) is 4.10. The summed E-state index contributed by atoms with van der Waals surface area (Å²) in [5, 5.41) is 34.6. The van der Waals surface area contributed by atoms with Gasteiger partial charge >= 0.3 is 0 Å². The molecular weight excluding hydrogens is 272 g/mol. The molecule has 7 heteroatoms. The molecule has 0 bridgehead atoms. The van der Waals surface area contributed by atoms with Crippen LogP contribution in [0.2, 0.25) is 0 Å². The standard InChI is InChI=1S/C14H16N4O3/c15-9-11-1-3-12(4-2-11)14-17-16-13(21-14)10-18(5-7-19)6-8-20/h1-4,19-20H,5-8,10H2. The number of rotatable bonds is 7. The fourth-order valence-corrected chi connectivity index (χ4v) is 1.87. The fourth-order valence-electron chi connectivity index (χ4n) is 1.87. The number of benzene rings is 1. The van der Waals surface area contributed by atoms with Crippen LogP contribution in [0.3, 0.4) is 0 Å². The minimum atomic E-state index is -0.00336. The van der Waals surface area contributed by atoms with E-state index in [1.807, 2.05) is 11.0 Å². The molecule has 21 heavy (non-hydrogen) atoms. The Labute approximate surface area is 122 Å². The van der Waals surface area contributed by atoms with E-state index in [9.17, 15) is 0 Å². The number of hydrogen-bond acceptors (Lipinski definition) is 7. The Morgan fingerprint density at radius 3 is 2.33 bits per heavy atom. The van der Waals surface area contributed by atoms with Gasteiger partial charge in [-0.25, -0.2) is 0 Å². The first-order valence-corrected chi connectivity index (χ1v) is 6.54. The molecule has 1 aromatic carbocycles. The molecule has 0 radical (unpaired) electrons. The molecule has 2 N–H and O–H groups in total. The minimum Gasteiger partial charge on any atom is -0.419 e. The molecule has 0 aliphatic carbocycles. The lowest BCUT2D eigenvalue weighted by molar-refractivity contribution is 0.147. The number of aromatic nitrogens is 2. The summed E-state index contributed by atoms with van der Waals surface area (Å²) in [7, 11) is 0. The average Bonchev–Trinajstić information content (AvgIpc) is 2.96. The zero-order chi connectivity index (χ0) is 15.1. The molecule has 0 saturated carbocycles. The summed E-state index contributed by atoms with van der Waals surface area (Å²) in [6.45, 7) is 1.21. The van der Waals surface area contributed by atoms with Gasteiger partial charge in [0.25, 0.3) is 0 Å². The molecule has 1 aromatic heterocycles. The van der Waals surface area contributed by atoms with Gasteiger partial charge in [0.1, 0.15) is 0 Å². The summed E-state index contributed by atoms with van der Waals surface area (Å²) in [5.41, 5.74) is 1.30. The van der Waals surface area contributed by atoms with Crippen molar-refractivity contribution in [2.45, 2.75) is 6.54 Å². The van der Waals surface area contributed by atoms with E-state index < -0.39 is 0 Å². The number of aliphatic hydroxyl groups is 2. The van der Waals surface area contributed by atoms with Crippen molar-refractivity contribution in [1.82, 2.24) is 15.1 Å². The van der Waals surface area contributed by atoms with E-state index in [1.165, 1.54) is 0 Å². The normalized spacial score (nSPS) is 10.8. The smallest absolute Gasteiger partial charge is 0.247 e. The molecule has 0 spiro atoms. The van der Waals surface area contributed by atoms with Crippen LogP contribution in [-0.2, 0) is 6.54 Å². The SMILES string of the molecule is N#Cc1ccc(-c2nnc(CN(CCO)CCO)o2)cc1. The first kappa shape index (κ1) is 15.1. The second-order valence-corrected chi connectivity index (χ2v) is 4.41. The molecule has 0 fully saturated rings. The molecule has 7 nitrogen and oxygen atoms in total. The van der Waals surface area contributed by atoms with E-state index in [0.717, 1.165) is 5.56 Å². The minimum absolute atomic E-state index is 0.00336. The molecule has 0 aliphatic heterocycles. The predicted octanol–water partition coefficient (Wildman–Crippen LogP) is 0.395. The van der Waals surface area contributed by atoms with E-state index in [2.05, 4.69) is 10.2 Å². The van der Waals surface area contributed by atoms with Crippen molar-refractivity contribution >= 4 is 0 Å². The Morgan fingerprint density at radius 1 is 1.10 bits per heavy atom. The molecule has 2 rings (SSSR count). The largest absolute Gasteiger partial charge is 0.419 e. The number of hydrogen-bond donors (Lipinski definition) is 2. The maximum atomic E-state index is 8.96. The summed E-state index contributed by atoms with van der Waals surface area (Å²) in [4.78, 5) is 1.82. The van der Waals surface area contributed by atoms with Crippen LogP contribution in [-0.4, -0.2) is 51.6 Å². The molecule has 0 unspecified atom stereocenters. The second-order valence-electron chi connectivity index (χ2n) is 4.41. The van der Waals surface area contributed by atoms with Gasteiger partial charge in [-0.3, -0.25) is 4.90 Å². The zero-order valence-electron chi connectivity index (χ0n) is 11.4. The Morgan fingerprint density at radius 2 is 1.76 bits per heavy atom. The molecule has 0 saturated heterocycles. The Balaban J connectivity index is 2.07. The van der Waals surface area contributed by atoms with Gasteiger partial charge in [0.05, 0.1) is 31.4 Å². The highest BCUT2D eigenvalue weighted by molar-refractivity contribution is 5.54. The van der Waals surface area contributed by atoms with Gasteiger partial charge in [0.2, 0.25) is 11.8 Å². The van der Waals surface area contributed by atoms with Gasteiger partial charge in [-0.2, -0.15) is 5.26 Å². The highest BCUT2D eigenvalue weighted by atomic mass is 16.4. The Bertz CT molecular complexity index is 597. The van der Waals surface area contributed by atoms with Crippen LogP contribution >= 0.6 is 0 Å². The second kappa shape index (κ2) is 7.50. The van der Waals surface area contributed by atoms with Gasteiger partial charge in [0.15, 0.2) is 0 Å². The van der Waals surface area contributed by atoms with Gasteiger partial charge in [-0.1, -0.05) is 0 Å². The lowest BCUT2D eigenvalue weighted by Gasteiger charge is -2.17. The van der Waals surface area contributed by atoms with E-state index in [-0.39, 0.29) is 13.2 Å². The van der Waals surface area contributed by atoms with Gasteiger partial charge in [-0.15, -0.1) is 10.2 Å². The highest BCUT2D eigenvalue weighted by Crippen LogP contribution is 2.18. The maximum Gasteiger partial charge on any atom is 0.247 e. The van der Waals surface area contributed by atoms with E-state index >= 15 is 0 Å². The van der Waals surface area contributed by atoms with Crippen molar-refractivity contribution in [1.29, 1.82) is 5.26 Å². The molecule has 0 atom stereocenters. The summed E-state index contributed by atoms with van der Waals surface area (Å²) >= 11 is 0. The van der Waals surface area contributed by atoms with Gasteiger partial charge < -0.3 is 14.6 Å². The fraction of sp³-hybridized carbons (Fsp3) is 0.357. The molecule has 2 aromatic rings. The zero-order valence-corrected chi connectivity index (χ0v) is 11.4. The Kier molecular flexibility index (Phi) is 5.40. The summed E-state index contributed by atoms with van der Waals surface area (Å²) in [6.07, 6.45) is 0. The van der Waals surface area contributed by atoms with Gasteiger partial charge in [0, 0.05) is 18.7 Å². The van der Waals surface area contributed by atoms with Gasteiger partial charge in [-0.05, 0) is 24.3 Å². The number of nitriles is 1. The van der Waals surface area contributed by atoms with E-state index in [1.54, 1.807) is 24.3 Å². The summed E-state index contributed by atoms with van der Waals surface area (Å²) in [6, 6.07) is 8.90. The first-order chi connectivity index (χ1) is 10.3. The van der Waals surface area contributed by atoms with Crippen molar-refractivity contribution in [3.63, 3.8) is 0 Å². The topological polar surface area (TPSA) is 106 Å². The van der Waals surface area contributed by atoms with Crippen LogP contribution in [0.4, 0.5) is 0 Å². The molecule has 110 valence electrons. The van der Waals surface area contributed by atoms with Crippen molar-refractivity contribution in [3.05, 3.63) is 35.7 Å². The number of nitrogens with zero attached hydrogens (tertiary/aromatic N) is 4. The maximum absolute atomic E-state index is 8.96. The van der Waals surface area contributed by atoms with Crippen LogP contribution in [0.25, 0.3) is 11.5 Å². The number of aliphatic hydroxyl groups excluding tert-OH is 2. The van der Waals surface area contributed by atoms with Crippen LogP contribution in [0.15, 0.2) is 28.7 Å². The lowest BCUT2D eigenvalue weighted by atomic mass is 10.1. The van der Waals surface area contributed by atoms with Crippen molar-refractivity contribution < 1.29 is 14.6 Å². The van der Waals surface area contributed by atoms with Crippen molar-refractivity contribution in [2.24, 2.45) is 0 Å².